The van der Waals surface area contributed by atoms with E-state index in [0.717, 1.165) is 28.4 Å². The average molecular weight is 337 g/mol. The molecule has 3 aliphatic rings. The average Bonchev–Trinajstić information content (AvgIpc) is 2.95. The zero-order valence-electron chi connectivity index (χ0n) is 13.5. The van der Waals surface area contributed by atoms with Crippen molar-refractivity contribution in [1.82, 2.24) is 14.9 Å². The molecule has 3 aliphatic heterocycles. The van der Waals surface area contributed by atoms with E-state index in [1.807, 2.05) is 31.9 Å². The second-order valence-corrected chi connectivity index (χ2v) is 6.09. The molecular formula is C14H19N5O3S. The molecule has 0 fully saturated rings. The van der Waals surface area contributed by atoms with Crippen LogP contribution in [-0.2, 0) is 15.3 Å². The number of nitrogens with zero attached hydrogens (tertiary/aromatic N) is 5. The van der Waals surface area contributed by atoms with Gasteiger partial charge in [-0.25, -0.2) is 5.06 Å². The van der Waals surface area contributed by atoms with Gasteiger partial charge in [-0.3, -0.25) is 9.83 Å². The summed E-state index contributed by atoms with van der Waals surface area (Å²) in [6.07, 6.45) is 3.12. The number of rotatable bonds is 3. The highest BCUT2D eigenvalue weighted by molar-refractivity contribution is 7.61. The molecule has 0 bridgehead atoms. The summed E-state index contributed by atoms with van der Waals surface area (Å²) in [6, 6.07) is 0. The van der Waals surface area contributed by atoms with Crippen molar-refractivity contribution in [3.05, 3.63) is 34.6 Å². The van der Waals surface area contributed by atoms with Crippen LogP contribution >= 0.6 is 0 Å². The van der Waals surface area contributed by atoms with Crippen LogP contribution in [0.2, 0.25) is 0 Å². The van der Waals surface area contributed by atoms with Crippen LogP contribution in [0.1, 0.15) is 20.8 Å². The van der Waals surface area contributed by atoms with Crippen molar-refractivity contribution in [2.75, 3.05) is 20.3 Å². The summed E-state index contributed by atoms with van der Waals surface area (Å²) in [7, 11) is -0.873. The van der Waals surface area contributed by atoms with Crippen molar-refractivity contribution in [2.24, 2.45) is 9.36 Å². The molecule has 1 unspecified atom stereocenters. The van der Waals surface area contributed by atoms with E-state index >= 15 is 0 Å². The molecule has 3 rings (SSSR count). The van der Waals surface area contributed by atoms with Gasteiger partial charge in [0.25, 0.3) is 0 Å². The van der Waals surface area contributed by atoms with Crippen molar-refractivity contribution in [3.63, 3.8) is 0 Å². The second-order valence-electron chi connectivity index (χ2n) is 5.44. The van der Waals surface area contributed by atoms with Crippen molar-refractivity contribution >= 4 is 16.7 Å². The fraction of sp³-hybridized carbons (Fsp3) is 0.500. The minimum Gasteiger partial charge on any atom is -0.330 e. The Balaban J connectivity index is 2.14. The van der Waals surface area contributed by atoms with Gasteiger partial charge in [-0.15, -0.1) is 4.36 Å². The Morgan fingerprint density at radius 1 is 1.43 bits per heavy atom. The van der Waals surface area contributed by atoms with E-state index in [2.05, 4.69) is 14.3 Å². The van der Waals surface area contributed by atoms with E-state index < -0.39 is 16.7 Å². The van der Waals surface area contributed by atoms with Crippen molar-refractivity contribution < 1.29 is 13.3 Å². The highest BCUT2D eigenvalue weighted by Gasteiger charge is 2.38. The maximum Gasteiger partial charge on any atom is 0.313 e. The smallest absolute Gasteiger partial charge is 0.313 e. The lowest BCUT2D eigenvalue weighted by Crippen LogP contribution is -2.46. The Labute approximate surface area is 136 Å². The predicted molar refractivity (Wildman–Crippen MR) is 85.0 cm³/mol. The Hall–Kier alpha value is -2.13. The van der Waals surface area contributed by atoms with E-state index in [0.29, 0.717) is 13.2 Å². The molecule has 0 N–H and O–H groups in total. The van der Waals surface area contributed by atoms with E-state index in [9.17, 15) is 8.42 Å². The van der Waals surface area contributed by atoms with E-state index in [1.165, 1.54) is 0 Å². The lowest BCUT2D eigenvalue weighted by atomic mass is 9.99. The first kappa shape index (κ1) is 15.8. The van der Waals surface area contributed by atoms with Crippen molar-refractivity contribution in [1.29, 1.82) is 0 Å². The normalized spacial score (nSPS) is 23.2. The third-order valence-corrected chi connectivity index (χ3v) is 4.70. The maximum absolute atomic E-state index is 11.2. The topological polar surface area (TPSA) is 77.8 Å². The second kappa shape index (κ2) is 5.82. The molecular weight excluding hydrogens is 318 g/mol. The molecule has 0 aromatic carbocycles. The number of likely N-dealkylation sites (N-methyl/N-ethyl adjacent to an activating group) is 1. The first-order valence-corrected chi connectivity index (χ1v) is 8.34. The molecule has 0 saturated heterocycles. The molecule has 9 heteroatoms. The SMILES string of the molecule is CCN1C2=C(N=CC3=CN(OC)CN32)C(C)=C(C)C1N=S(=O)=O. The monoisotopic (exact) mass is 337 g/mol. The minimum atomic E-state index is -2.48. The van der Waals surface area contributed by atoms with Gasteiger partial charge in [0.05, 0.1) is 25.2 Å². The Kier molecular flexibility index (Phi) is 3.99. The Bertz CT molecular complexity index is 785. The number of fused-ring (bicyclic) bond motifs is 2. The summed E-state index contributed by atoms with van der Waals surface area (Å²) >= 11 is 0. The standard InChI is InChI=1S/C14H19N5O3S/c1-5-18-13(16-23(20)21)10(3)9(2)12-14(18)19-8-17(22-4)7-11(19)6-15-12/h6-7,13H,5,8H2,1-4H3. The van der Waals surface area contributed by atoms with Crippen LogP contribution in [-0.4, -0.2) is 56.0 Å². The number of hydrogen-bond acceptors (Lipinski definition) is 8. The summed E-state index contributed by atoms with van der Waals surface area (Å²) in [5.41, 5.74) is 3.60. The summed E-state index contributed by atoms with van der Waals surface area (Å²) in [5.74, 6) is 0.864. The first-order chi connectivity index (χ1) is 11.0. The lowest BCUT2D eigenvalue weighted by molar-refractivity contribution is -0.0975. The van der Waals surface area contributed by atoms with Gasteiger partial charge in [-0.05, 0) is 31.9 Å². The molecule has 8 nitrogen and oxygen atoms in total. The van der Waals surface area contributed by atoms with Gasteiger partial charge in [-0.2, -0.15) is 8.42 Å². The molecule has 0 radical (unpaired) electrons. The summed E-state index contributed by atoms with van der Waals surface area (Å²) < 4.78 is 26.2. The number of aliphatic imine (C=N–C) groups is 1. The largest absolute Gasteiger partial charge is 0.330 e. The summed E-state index contributed by atoms with van der Waals surface area (Å²) in [6.45, 7) is 6.95. The molecule has 0 aromatic heterocycles. The van der Waals surface area contributed by atoms with Crippen LogP contribution in [0.5, 0.6) is 0 Å². The van der Waals surface area contributed by atoms with Gasteiger partial charge in [0.15, 0.2) is 6.17 Å². The van der Waals surface area contributed by atoms with E-state index in [4.69, 9.17) is 4.84 Å². The van der Waals surface area contributed by atoms with E-state index in [-0.39, 0.29) is 0 Å². The van der Waals surface area contributed by atoms with Gasteiger partial charge in [0.1, 0.15) is 18.2 Å². The third-order valence-electron chi connectivity index (χ3n) is 4.32. The van der Waals surface area contributed by atoms with E-state index in [1.54, 1.807) is 18.4 Å². The zero-order valence-corrected chi connectivity index (χ0v) is 14.3. The minimum absolute atomic E-state index is 0.521. The Morgan fingerprint density at radius 2 is 2.17 bits per heavy atom. The van der Waals surface area contributed by atoms with Crippen LogP contribution in [0.15, 0.2) is 43.9 Å². The van der Waals surface area contributed by atoms with Gasteiger partial charge in [0.2, 0.25) is 0 Å². The van der Waals surface area contributed by atoms with Crippen molar-refractivity contribution in [3.8, 4) is 0 Å². The molecule has 1 atom stereocenters. The number of hydrogen-bond donors (Lipinski definition) is 0. The predicted octanol–water partition coefficient (Wildman–Crippen LogP) is 1.28. The van der Waals surface area contributed by atoms with Gasteiger partial charge in [-0.1, -0.05) is 0 Å². The van der Waals surface area contributed by atoms with Gasteiger partial charge >= 0.3 is 10.5 Å². The quantitative estimate of drug-likeness (QED) is 0.772. The maximum atomic E-state index is 11.2. The van der Waals surface area contributed by atoms with Crippen LogP contribution in [0.4, 0.5) is 0 Å². The molecule has 124 valence electrons. The fourth-order valence-corrected chi connectivity index (χ4v) is 3.46. The van der Waals surface area contributed by atoms with Crippen LogP contribution in [0.25, 0.3) is 0 Å². The molecule has 0 spiro atoms. The summed E-state index contributed by atoms with van der Waals surface area (Å²) in [4.78, 5) is 13.9. The molecule has 0 amide bonds. The Morgan fingerprint density at radius 3 is 2.78 bits per heavy atom. The van der Waals surface area contributed by atoms with Gasteiger partial charge in [0, 0.05) is 6.54 Å². The highest BCUT2D eigenvalue weighted by Crippen LogP contribution is 2.39. The van der Waals surface area contributed by atoms with Crippen LogP contribution in [0, 0.1) is 0 Å². The molecule has 3 heterocycles. The molecule has 0 aromatic rings. The number of hydroxylamine groups is 2. The first-order valence-electron chi connectivity index (χ1n) is 7.31. The van der Waals surface area contributed by atoms with Gasteiger partial charge < -0.3 is 9.80 Å². The molecule has 0 saturated carbocycles. The summed E-state index contributed by atoms with van der Waals surface area (Å²) in [5, 5.41) is 1.70. The lowest BCUT2D eigenvalue weighted by Gasteiger charge is -2.42. The van der Waals surface area contributed by atoms with Crippen LogP contribution in [0.3, 0.4) is 0 Å². The van der Waals surface area contributed by atoms with Crippen LogP contribution < -0.4 is 0 Å². The number of allylic oxidation sites excluding steroid dienone is 2. The fourth-order valence-electron chi connectivity index (χ4n) is 3.02. The highest BCUT2D eigenvalue weighted by atomic mass is 32.2. The van der Waals surface area contributed by atoms with Crippen molar-refractivity contribution in [2.45, 2.75) is 26.9 Å². The molecule has 0 aliphatic carbocycles. The third kappa shape index (κ3) is 2.45. The zero-order chi connectivity index (χ0) is 16.7. The molecule has 23 heavy (non-hydrogen) atoms.